The van der Waals surface area contributed by atoms with Crippen molar-refractivity contribution >= 4 is 17.6 Å². The average molecular weight is 294 g/mol. The summed E-state index contributed by atoms with van der Waals surface area (Å²) in [6.07, 6.45) is 1.22. The molecule has 1 aromatic carbocycles. The summed E-state index contributed by atoms with van der Waals surface area (Å²) in [4.78, 5) is 36.2. The van der Waals surface area contributed by atoms with E-state index >= 15 is 0 Å². The Bertz CT molecular complexity index is 786. The number of hydrogen-bond acceptors (Lipinski definition) is 3. The summed E-state index contributed by atoms with van der Waals surface area (Å²) in [7, 11) is 0. The lowest BCUT2D eigenvalue weighted by atomic mass is 10.1. The summed E-state index contributed by atoms with van der Waals surface area (Å²) < 4.78 is 26.2. The van der Waals surface area contributed by atoms with Gasteiger partial charge in [-0.25, -0.2) is 13.6 Å². The van der Waals surface area contributed by atoms with Gasteiger partial charge in [0, 0.05) is 23.9 Å². The molecule has 2 rings (SSSR count). The number of H-pyrrole nitrogens is 1. The van der Waals surface area contributed by atoms with Gasteiger partial charge < -0.3 is 15.4 Å². The molecule has 0 bridgehead atoms. The van der Waals surface area contributed by atoms with Gasteiger partial charge in [0.1, 0.15) is 0 Å². The fourth-order valence-electron chi connectivity index (χ4n) is 1.61. The fraction of sp³-hybridized carbons (Fsp3) is 0. The molecular weight excluding hydrogens is 286 g/mol. The third-order valence-corrected chi connectivity index (χ3v) is 2.58. The fourth-order valence-corrected chi connectivity index (χ4v) is 1.61. The van der Waals surface area contributed by atoms with E-state index in [2.05, 4.69) is 10.3 Å². The molecule has 0 atom stereocenters. The SMILES string of the molecule is O=C(Nc1cc(F)c(F)cc1C(=O)O)c1cc[nH]c(=O)c1. The highest BCUT2D eigenvalue weighted by atomic mass is 19.2. The van der Waals surface area contributed by atoms with Gasteiger partial charge in [0.15, 0.2) is 11.6 Å². The van der Waals surface area contributed by atoms with Crippen molar-refractivity contribution < 1.29 is 23.5 Å². The zero-order valence-corrected chi connectivity index (χ0v) is 10.3. The molecule has 0 unspecified atom stereocenters. The number of carbonyl (C=O) groups is 2. The van der Waals surface area contributed by atoms with Gasteiger partial charge in [0.05, 0.1) is 11.3 Å². The van der Waals surface area contributed by atoms with Gasteiger partial charge in [-0.1, -0.05) is 0 Å². The van der Waals surface area contributed by atoms with Crippen molar-refractivity contribution in [3.05, 3.63) is 63.6 Å². The van der Waals surface area contributed by atoms with Crippen LogP contribution in [0.1, 0.15) is 20.7 Å². The van der Waals surface area contributed by atoms with Crippen molar-refractivity contribution in [1.29, 1.82) is 0 Å². The monoisotopic (exact) mass is 294 g/mol. The molecule has 0 aliphatic rings. The van der Waals surface area contributed by atoms with Crippen LogP contribution in [0, 0.1) is 11.6 Å². The smallest absolute Gasteiger partial charge is 0.337 e. The number of rotatable bonds is 3. The third-order valence-electron chi connectivity index (χ3n) is 2.58. The van der Waals surface area contributed by atoms with Crippen molar-refractivity contribution in [2.75, 3.05) is 5.32 Å². The number of aromatic carboxylic acids is 1. The highest BCUT2D eigenvalue weighted by Crippen LogP contribution is 2.20. The highest BCUT2D eigenvalue weighted by molar-refractivity contribution is 6.07. The van der Waals surface area contributed by atoms with Crippen LogP contribution in [0.4, 0.5) is 14.5 Å². The Morgan fingerprint density at radius 1 is 1.14 bits per heavy atom. The summed E-state index contributed by atoms with van der Waals surface area (Å²) in [5.41, 5.74) is -1.61. The lowest BCUT2D eigenvalue weighted by Crippen LogP contribution is -2.18. The maximum absolute atomic E-state index is 13.2. The number of aromatic nitrogens is 1. The maximum Gasteiger partial charge on any atom is 0.337 e. The first kappa shape index (κ1) is 14.4. The number of anilines is 1. The second-order valence-corrected chi connectivity index (χ2v) is 4.01. The number of benzene rings is 1. The van der Waals surface area contributed by atoms with Crippen LogP contribution in [0.5, 0.6) is 0 Å². The van der Waals surface area contributed by atoms with Crippen molar-refractivity contribution in [2.24, 2.45) is 0 Å². The van der Waals surface area contributed by atoms with Crippen LogP contribution < -0.4 is 10.9 Å². The molecule has 0 spiro atoms. The van der Waals surface area contributed by atoms with Gasteiger partial charge >= 0.3 is 5.97 Å². The van der Waals surface area contributed by atoms with E-state index in [1.165, 1.54) is 12.3 Å². The number of carboxylic acids is 1. The first-order valence-corrected chi connectivity index (χ1v) is 5.61. The Morgan fingerprint density at radius 2 is 1.81 bits per heavy atom. The largest absolute Gasteiger partial charge is 0.478 e. The molecule has 108 valence electrons. The molecule has 1 amide bonds. The zero-order valence-electron chi connectivity index (χ0n) is 10.3. The van der Waals surface area contributed by atoms with Crippen LogP contribution in [0.3, 0.4) is 0 Å². The van der Waals surface area contributed by atoms with Gasteiger partial charge in [-0.3, -0.25) is 9.59 Å². The number of hydrogen-bond donors (Lipinski definition) is 3. The quantitative estimate of drug-likeness (QED) is 0.800. The van der Waals surface area contributed by atoms with E-state index in [0.29, 0.717) is 12.1 Å². The average Bonchev–Trinajstić information content (AvgIpc) is 2.42. The van der Waals surface area contributed by atoms with Gasteiger partial charge in [-0.2, -0.15) is 0 Å². The Kier molecular flexibility index (Phi) is 3.79. The van der Waals surface area contributed by atoms with Crippen LogP contribution in [-0.2, 0) is 0 Å². The third kappa shape index (κ3) is 3.11. The maximum atomic E-state index is 13.2. The van der Waals surface area contributed by atoms with E-state index in [9.17, 15) is 23.2 Å². The standard InChI is InChI=1S/C13H8F2N2O4/c14-8-4-7(13(20)21)10(5-9(8)15)17-12(19)6-1-2-16-11(18)3-6/h1-5H,(H,16,18)(H,17,19)(H,20,21). The lowest BCUT2D eigenvalue weighted by molar-refractivity contribution is 0.0697. The molecule has 0 saturated heterocycles. The molecular formula is C13H8F2N2O4. The predicted molar refractivity (Wildman–Crippen MR) is 68.3 cm³/mol. The summed E-state index contributed by atoms with van der Waals surface area (Å²) in [5, 5.41) is 11.0. The summed E-state index contributed by atoms with van der Waals surface area (Å²) in [6, 6.07) is 3.28. The van der Waals surface area contributed by atoms with E-state index in [1.807, 2.05) is 0 Å². The minimum Gasteiger partial charge on any atom is -0.478 e. The van der Waals surface area contributed by atoms with Gasteiger partial charge in [0.2, 0.25) is 5.56 Å². The van der Waals surface area contributed by atoms with E-state index in [-0.39, 0.29) is 5.56 Å². The summed E-state index contributed by atoms with van der Waals surface area (Å²) >= 11 is 0. The lowest BCUT2D eigenvalue weighted by Gasteiger charge is -2.09. The second-order valence-electron chi connectivity index (χ2n) is 4.01. The van der Waals surface area contributed by atoms with Gasteiger partial charge in [0.25, 0.3) is 5.91 Å². The number of amides is 1. The molecule has 2 aromatic rings. The van der Waals surface area contributed by atoms with Gasteiger partial charge in [-0.15, -0.1) is 0 Å². The van der Waals surface area contributed by atoms with Gasteiger partial charge in [-0.05, 0) is 12.1 Å². The normalized spacial score (nSPS) is 10.2. The van der Waals surface area contributed by atoms with Crippen LogP contribution in [-0.4, -0.2) is 22.0 Å². The molecule has 1 aromatic heterocycles. The number of pyridine rings is 1. The minimum absolute atomic E-state index is 0.0557. The molecule has 1 heterocycles. The van der Waals surface area contributed by atoms with Crippen LogP contribution in [0.2, 0.25) is 0 Å². The summed E-state index contributed by atoms with van der Waals surface area (Å²) in [6.45, 7) is 0. The van der Waals surface area contributed by atoms with E-state index in [0.717, 1.165) is 6.07 Å². The number of carboxylic acid groups (broad SMARTS) is 1. The molecule has 8 heteroatoms. The molecule has 3 N–H and O–H groups in total. The highest BCUT2D eigenvalue weighted by Gasteiger charge is 2.17. The molecule has 0 saturated carbocycles. The minimum atomic E-state index is -1.53. The first-order valence-electron chi connectivity index (χ1n) is 5.61. The van der Waals surface area contributed by atoms with Crippen molar-refractivity contribution in [1.82, 2.24) is 4.98 Å². The second kappa shape index (κ2) is 5.53. The van der Waals surface area contributed by atoms with Crippen LogP contribution in [0.15, 0.2) is 35.3 Å². The zero-order chi connectivity index (χ0) is 15.6. The van der Waals surface area contributed by atoms with E-state index in [1.54, 1.807) is 0 Å². The molecule has 0 aliphatic carbocycles. The number of halogens is 2. The molecule has 6 nitrogen and oxygen atoms in total. The Hall–Kier alpha value is -3.03. The number of carbonyl (C=O) groups excluding carboxylic acids is 1. The van der Waals surface area contributed by atoms with E-state index in [4.69, 9.17) is 5.11 Å². The van der Waals surface area contributed by atoms with Crippen molar-refractivity contribution in [3.63, 3.8) is 0 Å². The summed E-state index contributed by atoms with van der Waals surface area (Å²) in [5.74, 6) is -5.01. The number of nitrogens with one attached hydrogen (secondary N) is 2. The Balaban J connectivity index is 2.39. The van der Waals surface area contributed by atoms with Crippen molar-refractivity contribution in [3.8, 4) is 0 Å². The van der Waals surface area contributed by atoms with Crippen molar-refractivity contribution in [2.45, 2.75) is 0 Å². The first-order chi connectivity index (χ1) is 9.88. The topological polar surface area (TPSA) is 99.3 Å². The Morgan fingerprint density at radius 3 is 2.43 bits per heavy atom. The number of aromatic amines is 1. The molecule has 0 fully saturated rings. The van der Waals surface area contributed by atoms with Crippen LogP contribution >= 0.6 is 0 Å². The molecule has 21 heavy (non-hydrogen) atoms. The predicted octanol–water partition coefficient (Wildman–Crippen LogP) is 1.60. The molecule has 0 radical (unpaired) electrons. The molecule has 0 aliphatic heterocycles. The van der Waals surface area contributed by atoms with Crippen LogP contribution in [0.25, 0.3) is 0 Å². The van der Waals surface area contributed by atoms with E-state index < -0.39 is 40.3 Å². The Labute approximate surface area is 116 Å².